The number of hydrogen-bond acceptors (Lipinski definition) is 2. The fourth-order valence-electron chi connectivity index (χ4n) is 2.93. The summed E-state index contributed by atoms with van der Waals surface area (Å²) in [5, 5.41) is 8.78. The van der Waals surface area contributed by atoms with Crippen LogP contribution in [-0.2, 0) is 0 Å². The Morgan fingerprint density at radius 1 is 1.30 bits per heavy atom. The first kappa shape index (κ1) is 14.8. The van der Waals surface area contributed by atoms with Crippen LogP contribution in [0.5, 0.6) is 0 Å². The summed E-state index contributed by atoms with van der Waals surface area (Å²) >= 11 is 0. The number of rotatable bonds is 3. The highest BCUT2D eigenvalue weighted by Crippen LogP contribution is 2.32. The van der Waals surface area contributed by atoms with Crippen molar-refractivity contribution in [1.82, 2.24) is 0 Å². The van der Waals surface area contributed by atoms with Crippen molar-refractivity contribution in [3.8, 4) is 0 Å². The third kappa shape index (κ3) is 2.76. The van der Waals surface area contributed by atoms with E-state index in [-0.39, 0.29) is 11.7 Å². The molecular weight excluding hydrogens is 264 g/mol. The molecule has 1 N–H and O–H groups in total. The number of carboxylic acid groups (broad SMARTS) is 1. The minimum Gasteiger partial charge on any atom is -0.478 e. The van der Waals surface area contributed by atoms with Crippen LogP contribution < -0.4 is 4.90 Å². The van der Waals surface area contributed by atoms with E-state index in [2.05, 4.69) is 6.92 Å². The molecule has 1 aromatic rings. The normalized spacial score (nSPS) is 22.6. The molecule has 0 amide bonds. The summed E-state index contributed by atoms with van der Waals surface area (Å²) in [6, 6.07) is 2.64. The summed E-state index contributed by atoms with van der Waals surface area (Å²) in [5.74, 6) is -3.25. The highest BCUT2D eigenvalue weighted by atomic mass is 19.2. The van der Waals surface area contributed by atoms with Crippen molar-refractivity contribution in [3.63, 3.8) is 0 Å². The third-order valence-electron chi connectivity index (χ3n) is 4.13. The molecule has 1 aromatic carbocycles. The van der Waals surface area contributed by atoms with Crippen LogP contribution in [0.2, 0.25) is 0 Å². The van der Waals surface area contributed by atoms with Crippen LogP contribution in [0.3, 0.4) is 0 Å². The summed E-state index contributed by atoms with van der Waals surface area (Å²) < 4.78 is 27.8. The lowest BCUT2D eigenvalue weighted by Crippen LogP contribution is -2.36. The fraction of sp³-hybridized carbons (Fsp3) is 0.533. The van der Waals surface area contributed by atoms with E-state index in [0.717, 1.165) is 25.3 Å². The molecule has 0 aliphatic heterocycles. The Morgan fingerprint density at radius 3 is 2.60 bits per heavy atom. The number of halogens is 2. The van der Waals surface area contributed by atoms with Gasteiger partial charge in [-0.05, 0) is 30.9 Å². The van der Waals surface area contributed by atoms with E-state index >= 15 is 0 Å². The smallest absolute Gasteiger partial charge is 0.338 e. The Bertz CT molecular complexity index is 519. The summed E-state index contributed by atoms with van der Waals surface area (Å²) in [6.07, 6.45) is 4.13. The van der Waals surface area contributed by atoms with Crippen molar-refractivity contribution in [2.75, 3.05) is 11.9 Å². The summed E-state index contributed by atoms with van der Waals surface area (Å²) in [5.41, 5.74) is -0.497. The molecule has 0 bridgehead atoms. The second-order valence-corrected chi connectivity index (χ2v) is 5.60. The zero-order valence-electron chi connectivity index (χ0n) is 11.7. The monoisotopic (exact) mass is 283 g/mol. The van der Waals surface area contributed by atoms with Crippen molar-refractivity contribution in [3.05, 3.63) is 29.3 Å². The largest absolute Gasteiger partial charge is 0.478 e. The molecule has 1 aliphatic rings. The molecule has 1 saturated carbocycles. The second kappa shape index (κ2) is 5.77. The maximum atomic E-state index is 14.0. The summed E-state index contributed by atoms with van der Waals surface area (Å²) in [6.45, 7) is 2.16. The van der Waals surface area contributed by atoms with Crippen LogP contribution in [0.25, 0.3) is 0 Å². The molecule has 1 fully saturated rings. The Balaban J connectivity index is 2.28. The maximum Gasteiger partial charge on any atom is 0.338 e. The first-order valence-electron chi connectivity index (χ1n) is 6.86. The van der Waals surface area contributed by atoms with E-state index in [0.29, 0.717) is 5.92 Å². The molecule has 0 spiro atoms. The minimum absolute atomic E-state index is 0.131. The molecule has 2 atom stereocenters. The lowest BCUT2D eigenvalue weighted by molar-refractivity contribution is 0.0690. The van der Waals surface area contributed by atoms with Crippen molar-refractivity contribution in [2.45, 2.75) is 38.6 Å². The van der Waals surface area contributed by atoms with Gasteiger partial charge in [0.2, 0.25) is 0 Å². The van der Waals surface area contributed by atoms with E-state index in [4.69, 9.17) is 5.11 Å². The molecule has 3 nitrogen and oxygen atoms in total. The van der Waals surface area contributed by atoms with Gasteiger partial charge in [0, 0.05) is 13.1 Å². The molecule has 20 heavy (non-hydrogen) atoms. The van der Waals surface area contributed by atoms with E-state index in [9.17, 15) is 13.6 Å². The number of carboxylic acids is 1. The van der Waals surface area contributed by atoms with Gasteiger partial charge in [-0.25, -0.2) is 13.6 Å². The van der Waals surface area contributed by atoms with Crippen LogP contribution >= 0.6 is 0 Å². The zero-order valence-corrected chi connectivity index (χ0v) is 11.7. The molecule has 2 rings (SSSR count). The predicted octanol–water partition coefficient (Wildman–Crippen LogP) is 3.68. The molecule has 0 saturated heterocycles. The van der Waals surface area contributed by atoms with Crippen LogP contribution in [0.15, 0.2) is 12.1 Å². The maximum absolute atomic E-state index is 14.0. The number of nitrogens with zero attached hydrogens (tertiary/aromatic N) is 1. The number of hydrogen-bond donors (Lipinski definition) is 1. The predicted molar refractivity (Wildman–Crippen MR) is 73.1 cm³/mol. The van der Waals surface area contributed by atoms with Crippen LogP contribution in [0.4, 0.5) is 14.5 Å². The summed E-state index contributed by atoms with van der Waals surface area (Å²) in [7, 11) is 1.74. The lowest BCUT2D eigenvalue weighted by Gasteiger charge is -2.35. The van der Waals surface area contributed by atoms with E-state index in [1.165, 1.54) is 12.5 Å². The van der Waals surface area contributed by atoms with E-state index in [1.54, 1.807) is 11.9 Å². The Morgan fingerprint density at radius 2 is 2.00 bits per heavy atom. The van der Waals surface area contributed by atoms with Gasteiger partial charge in [-0.2, -0.15) is 0 Å². The van der Waals surface area contributed by atoms with Gasteiger partial charge in [-0.3, -0.25) is 0 Å². The first-order valence-corrected chi connectivity index (χ1v) is 6.86. The summed E-state index contributed by atoms with van der Waals surface area (Å²) in [4.78, 5) is 12.5. The number of carbonyl (C=O) groups is 1. The van der Waals surface area contributed by atoms with Crippen LogP contribution in [-0.4, -0.2) is 24.2 Å². The first-order chi connectivity index (χ1) is 9.41. The molecule has 0 radical (unpaired) electrons. The highest BCUT2D eigenvalue weighted by molar-refractivity contribution is 5.88. The van der Waals surface area contributed by atoms with Gasteiger partial charge in [0.1, 0.15) is 0 Å². The molecule has 0 heterocycles. The molecular formula is C15H19F2NO2. The van der Waals surface area contributed by atoms with Crippen molar-refractivity contribution < 1.29 is 18.7 Å². The highest BCUT2D eigenvalue weighted by Gasteiger charge is 2.26. The molecule has 110 valence electrons. The van der Waals surface area contributed by atoms with Gasteiger partial charge in [-0.15, -0.1) is 0 Å². The van der Waals surface area contributed by atoms with Crippen molar-refractivity contribution in [1.29, 1.82) is 0 Å². The molecule has 5 heteroatoms. The molecule has 1 aliphatic carbocycles. The Hall–Kier alpha value is -1.65. The van der Waals surface area contributed by atoms with Crippen molar-refractivity contribution in [2.24, 2.45) is 5.92 Å². The minimum atomic E-state index is -1.46. The standard InChI is InChI=1S/C15H19F2NO2/c1-9-4-3-5-10(8-9)18(2)12-7-6-11(15(19)20)13(16)14(12)17/h6-7,9-10H,3-5,8H2,1-2H3,(H,19,20). The van der Waals surface area contributed by atoms with Gasteiger partial charge in [0.25, 0.3) is 0 Å². The third-order valence-corrected chi connectivity index (χ3v) is 4.13. The SMILES string of the molecule is CC1CCCC(N(C)c2ccc(C(=O)O)c(F)c2F)C1. The van der Waals surface area contributed by atoms with Gasteiger partial charge in [0.15, 0.2) is 11.6 Å². The number of aromatic carboxylic acids is 1. The molecule has 2 unspecified atom stereocenters. The average Bonchev–Trinajstić information content (AvgIpc) is 2.40. The average molecular weight is 283 g/mol. The number of benzene rings is 1. The Labute approximate surface area is 117 Å². The van der Waals surface area contributed by atoms with Crippen LogP contribution in [0, 0.1) is 17.6 Å². The lowest BCUT2D eigenvalue weighted by atomic mass is 9.86. The zero-order chi connectivity index (χ0) is 14.9. The van der Waals surface area contributed by atoms with Gasteiger partial charge >= 0.3 is 5.97 Å². The van der Waals surface area contributed by atoms with Gasteiger partial charge < -0.3 is 10.0 Å². The fourth-order valence-corrected chi connectivity index (χ4v) is 2.93. The quantitative estimate of drug-likeness (QED) is 0.920. The van der Waals surface area contributed by atoms with Crippen LogP contribution in [0.1, 0.15) is 43.0 Å². The Kier molecular flexibility index (Phi) is 4.26. The van der Waals surface area contributed by atoms with E-state index < -0.39 is 23.2 Å². The van der Waals surface area contributed by atoms with E-state index in [1.807, 2.05) is 0 Å². The second-order valence-electron chi connectivity index (χ2n) is 5.60. The van der Waals surface area contributed by atoms with Crippen molar-refractivity contribution >= 4 is 11.7 Å². The number of anilines is 1. The molecule has 0 aromatic heterocycles. The van der Waals surface area contributed by atoms with Gasteiger partial charge in [-0.1, -0.05) is 19.8 Å². The van der Waals surface area contributed by atoms with Gasteiger partial charge in [0.05, 0.1) is 11.3 Å². The topological polar surface area (TPSA) is 40.5 Å².